The van der Waals surface area contributed by atoms with Gasteiger partial charge in [-0.2, -0.15) is 26.3 Å². The molecule has 2 aliphatic rings. The fourth-order valence-corrected chi connectivity index (χ4v) is 8.26. The Balaban J connectivity index is 1.73. The molecule has 1 atom stereocenters. The van der Waals surface area contributed by atoms with Crippen LogP contribution in [0, 0.1) is 18.8 Å². The molecule has 0 aromatic heterocycles. The number of nitrogens with zero attached hydrogens (tertiary/aromatic N) is 1. The number of aryl methyl sites for hydroxylation is 1. The summed E-state index contributed by atoms with van der Waals surface area (Å²) in [6.45, 7) is 1.17. The molecule has 2 fully saturated rings. The molecule has 1 saturated carbocycles. The van der Waals surface area contributed by atoms with Crippen molar-refractivity contribution >= 4 is 21.7 Å². The molecular formula is C29H30F7NO5S. The van der Waals surface area contributed by atoms with Crippen molar-refractivity contribution in [3.63, 3.8) is 0 Å². The second-order valence-corrected chi connectivity index (χ2v) is 13.4. The quantitative estimate of drug-likeness (QED) is 0.280. The fourth-order valence-electron chi connectivity index (χ4n) is 6.08. The summed E-state index contributed by atoms with van der Waals surface area (Å²) in [7, 11) is -3.13. The molecule has 43 heavy (non-hydrogen) atoms. The number of hydrogen-bond acceptors (Lipinski definition) is 5. The molecule has 1 aliphatic heterocycles. The molecule has 2 aromatic rings. The Morgan fingerprint density at radius 2 is 1.44 bits per heavy atom. The number of halogens is 7. The van der Waals surface area contributed by atoms with Gasteiger partial charge in [0.25, 0.3) is 0 Å². The van der Waals surface area contributed by atoms with E-state index < -0.39 is 50.6 Å². The average molecular weight is 638 g/mol. The lowest BCUT2D eigenvalue weighted by Crippen LogP contribution is -2.50. The minimum atomic E-state index is -6.33. The molecule has 4 rings (SSSR count). The van der Waals surface area contributed by atoms with Crippen molar-refractivity contribution in [2.24, 2.45) is 11.8 Å². The van der Waals surface area contributed by atoms with Crippen LogP contribution in [0.3, 0.4) is 0 Å². The molecule has 6 nitrogen and oxygen atoms in total. The second-order valence-electron chi connectivity index (χ2n) is 11.1. The van der Waals surface area contributed by atoms with Crippen molar-refractivity contribution in [3.8, 4) is 0 Å². The van der Waals surface area contributed by atoms with Crippen LogP contribution in [0.1, 0.15) is 48.8 Å². The number of methoxy groups -OCH3 is 1. The maximum absolute atomic E-state index is 14.7. The Hall–Kier alpha value is -3.16. The number of esters is 1. The lowest BCUT2D eigenvalue weighted by atomic mass is 9.81. The van der Waals surface area contributed by atoms with Crippen LogP contribution in [0.5, 0.6) is 0 Å². The molecule has 1 saturated heterocycles. The molecule has 14 heteroatoms. The second kappa shape index (κ2) is 11.4. The van der Waals surface area contributed by atoms with Gasteiger partial charge in [-0.15, -0.1) is 0 Å². The molecular weight excluding hydrogens is 607 g/mol. The number of carbonyl (C=O) groups is 2. The van der Waals surface area contributed by atoms with Crippen LogP contribution in [0.15, 0.2) is 53.4 Å². The summed E-state index contributed by atoms with van der Waals surface area (Å²) >= 11 is 0. The minimum absolute atomic E-state index is 0.0548. The van der Waals surface area contributed by atoms with Gasteiger partial charge in [-0.25, -0.2) is 12.8 Å². The number of carbonyl (C=O) groups excluding carboxylic acids is 2. The molecule has 1 heterocycles. The van der Waals surface area contributed by atoms with Crippen molar-refractivity contribution in [1.29, 1.82) is 0 Å². The summed E-state index contributed by atoms with van der Waals surface area (Å²) in [5.74, 6) is -1.61. The number of alkyl halides is 7. The number of amides is 1. The standard InChI is InChI=1S/C29H30F7NO5S/c1-18-4-3-5-23(16-18)43(40,41)26(21-10-12-22(13-11-21)27(30,28(31,32)33)29(34,35)36)14-15-37(17-26)24(38)19-6-8-20(9-7-19)25(39)42-2/h3-5,10-13,16,19-20H,6-9,14-15,17H2,1-2H3. The van der Waals surface area contributed by atoms with Gasteiger partial charge < -0.3 is 9.64 Å². The van der Waals surface area contributed by atoms with Gasteiger partial charge in [-0.05, 0) is 62.3 Å². The van der Waals surface area contributed by atoms with Gasteiger partial charge in [-0.1, -0.05) is 36.4 Å². The highest BCUT2D eigenvalue weighted by Gasteiger charge is 2.73. The van der Waals surface area contributed by atoms with Crippen LogP contribution < -0.4 is 0 Å². The molecule has 2 aromatic carbocycles. The normalized spacial score (nSPS) is 23.7. The van der Waals surface area contributed by atoms with Gasteiger partial charge in [0.05, 0.1) is 17.9 Å². The molecule has 236 valence electrons. The average Bonchev–Trinajstić information content (AvgIpc) is 3.42. The Bertz CT molecular complexity index is 1450. The van der Waals surface area contributed by atoms with Crippen molar-refractivity contribution in [2.45, 2.75) is 66.7 Å². The fraction of sp³-hybridized carbons (Fsp3) is 0.517. The Morgan fingerprint density at radius 1 is 0.884 bits per heavy atom. The predicted octanol–water partition coefficient (Wildman–Crippen LogP) is 6.17. The number of sulfone groups is 1. The monoisotopic (exact) mass is 637 g/mol. The van der Waals surface area contributed by atoms with Crippen LogP contribution in [-0.4, -0.2) is 57.7 Å². The first-order valence-electron chi connectivity index (χ1n) is 13.5. The molecule has 0 N–H and O–H groups in total. The minimum Gasteiger partial charge on any atom is -0.469 e. The molecule has 1 unspecified atom stereocenters. The van der Waals surface area contributed by atoms with Crippen molar-refractivity contribution in [1.82, 2.24) is 4.90 Å². The highest BCUT2D eigenvalue weighted by molar-refractivity contribution is 7.92. The number of rotatable bonds is 6. The first-order chi connectivity index (χ1) is 19.9. The smallest absolute Gasteiger partial charge is 0.435 e. The lowest BCUT2D eigenvalue weighted by molar-refractivity contribution is -0.348. The van der Waals surface area contributed by atoms with E-state index in [-0.39, 0.29) is 41.2 Å². The molecule has 0 radical (unpaired) electrons. The van der Waals surface area contributed by atoms with E-state index in [1.807, 2.05) is 0 Å². The largest absolute Gasteiger partial charge is 0.469 e. The first kappa shape index (κ1) is 32.7. The van der Waals surface area contributed by atoms with E-state index >= 15 is 0 Å². The summed E-state index contributed by atoms with van der Waals surface area (Å²) in [5, 5.41) is 0. The van der Waals surface area contributed by atoms with Crippen LogP contribution >= 0.6 is 0 Å². The first-order valence-corrected chi connectivity index (χ1v) is 15.0. The summed E-state index contributed by atoms with van der Waals surface area (Å²) in [6.07, 6.45) is -11.4. The van der Waals surface area contributed by atoms with Gasteiger partial charge in [0.2, 0.25) is 5.91 Å². The Kier molecular flexibility index (Phi) is 8.68. The number of hydrogen-bond donors (Lipinski definition) is 0. The lowest BCUT2D eigenvalue weighted by Gasteiger charge is -2.33. The van der Waals surface area contributed by atoms with Crippen LogP contribution in [0.4, 0.5) is 30.7 Å². The van der Waals surface area contributed by atoms with E-state index in [1.165, 1.54) is 30.2 Å². The predicted molar refractivity (Wildman–Crippen MR) is 140 cm³/mol. The van der Waals surface area contributed by atoms with Crippen LogP contribution in [-0.2, 0) is 34.6 Å². The highest BCUT2D eigenvalue weighted by Crippen LogP contribution is 2.54. The zero-order chi connectivity index (χ0) is 32.0. The third-order valence-electron chi connectivity index (χ3n) is 8.56. The number of likely N-dealkylation sites (tertiary alicyclic amines) is 1. The van der Waals surface area contributed by atoms with Crippen LogP contribution in [0.2, 0.25) is 0 Å². The van der Waals surface area contributed by atoms with Gasteiger partial charge in [0.15, 0.2) is 9.84 Å². The summed E-state index contributed by atoms with van der Waals surface area (Å²) in [5.41, 5.74) is -7.01. The maximum Gasteiger partial charge on any atom is 0.435 e. The highest BCUT2D eigenvalue weighted by atomic mass is 32.2. The molecule has 0 spiro atoms. The Morgan fingerprint density at radius 3 is 1.95 bits per heavy atom. The van der Waals surface area contributed by atoms with Gasteiger partial charge >= 0.3 is 24.0 Å². The third kappa shape index (κ3) is 5.62. The summed E-state index contributed by atoms with van der Waals surface area (Å²) in [6, 6.07) is 7.92. The molecule has 1 amide bonds. The van der Waals surface area contributed by atoms with Crippen molar-refractivity contribution < 1.29 is 53.5 Å². The van der Waals surface area contributed by atoms with E-state index in [0.29, 0.717) is 43.4 Å². The van der Waals surface area contributed by atoms with E-state index in [2.05, 4.69) is 0 Å². The summed E-state index contributed by atoms with van der Waals surface area (Å²) in [4.78, 5) is 26.6. The van der Waals surface area contributed by atoms with Crippen LogP contribution in [0.25, 0.3) is 0 Å². The van der Waals surface area contributed by atoms with Gasteiger partial charge in [0, 0.05) is 24.6 Å². The van der Waals surface area contributed by atoms with Gasteiger partial charge in [0.1, 0.15) is 4.75 Å². The van der Waals surface area contributed by atoms with Crippen molar-refractivity contribution in [3.05, 3.63) is 65.2 Å². The third-order valence-corrected chi connectivity index (χ3v) is 11.0. The van der Waals surface area contributed by atoms with E-state index in [1.54, 1.807) is 13.0 Å². The van der Waals surface area contributed by atoms with Crippen molar-refractivity contribution in [2.75, 3.05) is 20.2 Å². The van der Waals surface area contributed by atoms with E-state index in [9.17, 15) is 48.7 Å². The maximum atomic E-state index is 14.7. The van der Waals surface area contributed by atoms with E-state index in [4.69, 9.17) is 4.74 Å². The van der Waals surface area contributed by atoms with E-state index in [0.717, 1.165) is 12.1 Å². The summed E-state index contributed by atoms with van der Waals surface area (Å²) < 4.78 is 126. The molecule has 0 bridgehead atoms. The topological polar surface area (TPSA) is 80.8 Å². The van der Waals surface area contributed by atoms with Gasteiger partial charge in [-0.3, -0.25) is 9.59 Å². The number of ether oxygens (including phenoxy) is 1. The number of benzene rings is 2. The molecule has 1 aliphatic carbocycles. The SMILES string of the molecule is COC(=O)C1CCC(C(=O)N2CCC(c3ccc(C(F)(C(F)(F)F)C(F)(F)F)cc3)(S(=O)(=O)c3cccc(C)c3)C2)CC1. The zero-order valence-electron chi connectivity index (χ0n) is 23.3. The zero-order valence-corrected chi connectivity index (χ0v) is 24.1. The Labute approximate surface area is 244 Å².